The molecule has 1 heterocycles. The predicted octanol–water partition coefficient (Wildman–Crippen LogP) is 3.60. The van der Waals surface area contributed by atoms with Crippen LogP contribution in [0.5, 0.6) is 0 Å². The first-order valence-electron chi connectivity index (χ1n) is 6.30. The van der Waals surface area contributed by atoms with E-state index in [9.17, 15) is 0 Å². The molecule has 0 fully saturated rings. The van der Waals surface area contributed by atoms with Gasteiger partial charge in [-0.2, -0.15) is 0 Å². The van der Waals surface area contributed by atoms with Crippen LogP contribution < -0.4 is 11.1 Å². The highest BCUT2D eigenvalue weighted by Gasteiger charge is 2.06. The number of nitrogens with two attached hydrogens (primary N) is 1. The molecule has 1 aromatic carbocycles. The van der Waals surface area contributed by atoms with Crippen molar-refractivity contribution >= 4 is 11.4 Å². The Bertz CT molecular complexity index is 491. The topological polar surface area (TPSA) is 51.2 Å². The average molecular weight is 244 g/mol. The molecule has 0 amide bonds. The van der Waals surface area contributed by atoms with E-state index < -0.39 is 0 Å². The van der Waals surface area contributed by atoms with E-state index in [0.717, 1.165) is 30.0 Å². The molecule has 96 valence electrons. The molecule has 0 radical (unpaired) electrons. The monoisotopic (exact) mass is 244 g/mol. The summed E-state index contributed by atoms with van der Waals surface area (Å²) in [5.41, 5.74) is 8.97. The molecule has 1 atom stereocenters. The molecule has 2 rings (SSSR count). The van der Waals surface area contributed by atoms with Crippen molar-refractivity contribution in [2.75, 3.05) is 11.1 Å². The number of anilines is 2. The maximum atomic E-state index is 5.95. The first-order valence-corrected chi connectivity index (χ1v) is 6.30. The number of hydrogen-bond donors (Lipinski definition) is 2. The lowest BCUT2D eigenvalue weighted by atomic mass is 10.1. The van der Waals surface area contributed by atoms with E-state index in [4.69, 9.17) is 10.2 Å². The first kappa shape index (κ1) is 12.6. The van der Waals surface area contributed by atoms with E-state index in [0.29, 0.717) is 6.04 Å². The summed E-state index contributed by atoms with van der Waals surface area (Å²) in [5.74, 6) is 1.03. The summed E-state index contributed by atoms with van der Waals surface area (Å²) in [4.78, 5) is 0. The Labute approximate surface area is 108 Å². The zero-order valence-electron chi connectivity index (χ0n) is 10.9. The van der Waals surface area contributed by atoms with Crippen LogP contribution in [0.25, 0.3) is 0 Å². The first-order chi connectivity index (χ1) is 8.65. The molecule has 18 heavy (non-hydrogen) atoms. The van der Waals surface area contributed by atoms with Gasteiger partial charge < -0.3 is 15.5 Å². The molecule has 0 bridgehead atoms. The quantitative estimate of drug-likeness (QED) is 0.790. The summed E-state index contributed by atoms with van der Waals surface area (Å²) in [6.45, 7) is 4.23. The highest BCUT2D eigenvalue weighted by molar-refractivity contribution is 5.67. The summed E-state index contributed by atoms with van der Waals surface area (Å²) in [5, 5.41) is 3.45. The summed E-state index contributed by atoms with van der Waals surface area (Å²) in [6, 6.07) is 10.3. The van der Waals surface area contributed by atoms with Crippen LogP contribution in [-0.4, -0.2) is 6.04 Å². The Kier molecular flexibility index (Phi) is 3.92. The number of furan rings is 1. The van der Waals surface area contributed by atoms with Crippen molar-refractivity contribution in [3.63, 3.8) is 0 Å². The number of rotatable bonds is 5. The molecule has 2 aromatic rings. The van der Waals surface area contributed by atoms with Crippen molar-refractivity contribution in [3.05, 3.63) is 47.9 Å². The standard InChI is InChI=1S/C15H20N2O/c1-11-5-8-14(16)15(10-11)17-12(2)6-7-13-4-3-9-18-13/h3-5,8-10,12,17H,6-7,16H2,1-2H3. The molecule has 3 nitrogen and oxygen atoms in total. The number of aryl methyl sites for hydroxylation is 2. The number of hydrogen-bond acceptors (Lipinski definition) is 3. The van der Waals surface area contributed by atoms with Gasteiger partial charge in [-0.25, -0.2) is 0 Å². The smallest absolute Gasteiger partial charge is 0.103 e. The van der Waals surface area contributed by atoms with Crippen LogP contribution in [0, 0.1) is 6.92 Å². The zero-order valence-corrected chi connectivity index (χ0v) is 10.9. The van der Waals surface area contributed by atoms with Crippen LogP contribution >= 0.6 is 0 Å². The molecule has 3 N–H and O–H groups in total. The minimum Gasteiger partial charge on any atom is -0.469 e. The van der Waals surface area contributed by atoms with Gasteiger partial charge >= 0.3 is 0 Å². The van der Waals surface area contributed by atoms with Gasteiger partial charge in [0.05, 0.1) is 17.6 Å². The van der Waals surface area contributed by atoms with Gasteiger partial charge in [0, 0.05) is 12.5 Å². The van der Waals surface area contributed by atoms with Gasteiger partial charge in [-0.3, -0.25) is 0 Å². The van der Waals surface area contributed by atoms with Crippen LogP contribution in [0.4, 0.5) is 11.4 Å². The molecule has 3 heteroatoms. The second-order valence-electron chi connectivity index (χ2n) is 4.75. The minimum atomic E-state index is 0.360. The normalized spacial score (nSPS) is 12.3. The van der Waals surface area contributed by atoms with Gasteiger partial charge in [-0.15, -0.1) is 0 Å². The van der Waals surface area contributed by atoms with Gasteiger partial charge in [0.15, 0.2) is 0 Å². The maximum absolute atomic E-state index is 5.95. The number of nitrogens with one attached hydrogen (secondary N) is 1. The third-order valence-corrected chi connectivity index (χ3v) is 3.01. The Morgan fingerprint density at radius 1 is 1.33 bits per heavy atom. The van der Waals surface area contributed by atoms with Crippen molar-refractivity contribution < 1.29 is 4.42 Å². The van der Waals surface area contributed by atoms with Gasteiger partial charge in [-0.1, -0.05) is 6.07 Å². The molecule has 0 saturated carbocycles. The average Bonchev–Trinajstić information content (AvgIpc) is 2.84. The maximum Gasteiger partial charge on any atom is 0.103 e. The van der Waals surface area contributed by atoms with Crippen molar-refractivity contribution in [3.8, 4) is 0 Å². The van der Waals surface area contributed by atoms with E-state index in [1.54, 1.807) is 6.26 Å². The molecule has 0 aliphatic heterocycles. The lowest BCUT2D eigenvalue weighted by Crippen LogP contribution is -2.17. The van der Waals surface area contributed by atoms with E-state index in [1.807, 2.05) is 24.3 Å². The zero-order chi connectivity index (χ0) is 13.0. The Morgan fingerprint density at radius 3 is 2.89 bits per heavy atom. The third-order valence-electron chi connectivity index (χ3n) is 3.01. The van der Waals surface area contributed by atoms with E-state index in [2.05, 4.69) is 25.2 Å². The highest BCUT2D eigenvalue weighted by Crippen LogP contribution is 2.21. The Hall–Kier alpha value is -1.90. The van der Waals surface area contributed by atoms with E-state index >= 15 is 0 Å². The molecular weight excluding hydrogens is 224 g/mol. The fourth-order valence-corrected chi connectivity index (χ4v) is 1.95. The number of nitrogen functional groups attached to an aromatic ring is 1. The molecule has 1 aromatic heterocycles. The summed E-state index contributed by atoms with van der Waals surface area (Å²) < 4.78 is 5.32. The van der Waals surface area contributed by atoms with Gasteiger partial charge in [0.1, 0.15) is 5.76 Å². The predicted molar refractivity (Wildman–Crippen MR) is 75.7 cm³/mol. The lowest BCUT2D eigenvalue weighted by Gasteiger charge is -2.16. The van der Waals surface area contributed by atoms with Crippen LogP contribution in [-0.2, 0) is 6.42 Å². The Morgan fingerprint density at radius 2 is 2.17 bits per heavy atom. The SMILES string of the molecule is Cc1ccc(N)c(NC(C)CCc2ccco2)c1. The highest BCUT2D eigenvalue weighted by atomic mass is 16.3. The van der Waals surface area contributed by atoms with E-state index in [1.165, 1.54) is 5.56 Å². The molecule has 0 aliphatic carbocycles. The van der Waals surface area contributed by atoms with Gasteiger partial charge in [0.25, 0.3) is 0 Å². The minimum absolute atomic E-state index is 0.360. The van der Waals surface area contributed by atoms with Crippen molar-refractivity contribution in [1.29, 1.82) is 0 Å². The van der Waals surface area contributed by atoms with Crippen LogP contribution in [0.1, 0.15) is 24.7 Å². The second kappa shape index (κ2) is 5.63. The van der Waals surface area contributed by atoms with Crippen LogP contribution in [0.2, 0.25) is 0 Å². The second-order valence-corrected chi connectivity index (χ2v) is 4.75. The summed E-state index contributed by atoms with van der Waals surface area (Å²) >= 11 is 0. The summed E-state index contributed by atoms with van der Waals surface area (Å²) in [6.07, 6.45) is 3.67. The summed E-state index contributed by atoms with van der Waals surface area (Å²) in [7, 11) is 0. The van der Waals surface area contributed by atoms with Crippen molar-refractivity contribution in [2.45, 2.75) is 32.7 Å². The van der Waals surface area contributed by atoms with Crippen LogP contribution in [0.15, 0.2) is 41.0 Å². The lowest BCUT2D eigenvalue weighted by molar-refractivity contribution is 0.495. The van der Waals surface area contributed by atoms with Gasteiger partial charge in [-0.05, 0) is 50.1 Å². The van der Waals surface area contributed by atoms with Crippen molar-refractivity contribution in [2.24, 2.45) is 0 Å². The third kappa shape index (κ3) is 3.29. The fraction of sp³-hybridized carbons (Fsp3) is 0.333. The molecular formula is C15H20N2O. The molecule has 1 unspecified atom stereocenters. The molecule has 0 aliphatic rings. The molecule has 0 saturated heterocycles. The fourth-order valence-electron chi connectivity index (χ4n) is 1.95. The number of benzene rings is 1. The molecule has 0 spiro atoms. The van der Waals surface area contributed by atoms with Gasteiger partial charge in [0.2, 0.25) is 0 Å². The Balaban J connectivity index is 1.90. The van der Waals surface area contributed by atoms with Crippen molar-refractivity contribution in [1.82, 2.24) is 0 Å². The largest absolute Gasteiger partial charge is 0.469 e. The van der Waals surface area contributed by atoms with Crippen LogP contribution in [0.3, 0.4) is 0 Å². The van der Waals surface area contributed by atoms with E-state index in [-0.39, 0.29) is 0 Å².